The van der Waals surface area contributed by atoms with Gasteiger partial charge in [-0.25, -0.2) is 4.79 Å². The first-order valence-corrected chi connectivity index (χ1v) is 5.76. The van der Waals surface area contributed by atoms with E-state index in [0.29, 0.717) is 17.7 Å². The zero-order valence-corrected chi connectivity index (χ0v) is 10.8. The van der Waals surface area contributed by atoms with Crippen LogP contribution in [0.15, 0.2) is 24.8 Å². The Morgan fingerprint density at radius 1 is 1.63 bits per heavy atom. The molecule has 0 amide bonds. The number of carboxylic acid groups (broad SMARTS) is 1. The number of benzene rings is 1. The van der Waals surface area contributed by atoms with Gasteiger partial charge in [-0.3, -0.25) is 10.1 Å². The van der Waals surface area contributed by atoms with Crippen LogP contribution in [-0.4, -0.2) is 22.0 Å². The topological polar surface area (TPSA) is 92.5 Å². The summed E-state index contributed by atoms with van der Waals surface area (Å²) in [5, 5.41) is 23.0. The third-order valence-corrected chi connectivity index (χ3v) is 2.75. The van der Waals surface area contributed by atoms with E-state index in [1.807, 2.05) is 6.92 Å². The maximum Gasteiger partial charge on any atom is 0.336 e. The monoisotopic (exact) mass is 264 g/mol. The maximum absolute atomic E-state index is 11.0. The van der Waals surface area contributed by atoms with Crippen molar-refractivity contribution < 1.29 is 14.8 Å². The van der Waals surface area contributed by atoms with Crippen LogP contribution in [0.5, 0.6) is 0 Å². The minimum absolute atomic E-state index is 0.0137. The van der Waals surface area contributed by atoms with Gasteiger partial charge in [0, 0.05) is 23.4 Å². The van der Waals surface area contributed by atoms with Gasteiger partial charge in [0.2, 0.25) is 0 Å². The molecule has 0 fully saturated rings. The summed E-state index contributed by atoms with van der Waals surface area (Å²) < 4.78 is 0. The number of nitrogens with zero attached hydrogens (tertiary/aromatic N) is 1. The molecule has 1 atom stereocenters. The number of nitro benzene ring substituents is 1. The number of aromatic carboxylic acids is 1. The Morgan fingerprint density at radius 2 is 2.26 bits per heavy atom. The average molecular weight is 264 g/mol. The Morgan fingerprint density at radius 3 is 2.74 bits per heavy atom. The number of hydrogen-bond acceptors (Lipinski definition) is 4. The van der Waals surface area contributed by atoms with Crippen molar-refractivity contribution in [2.45, 2.75) is 26.3 Å². The van der Waals surface area contributed by atoms with E-state index in [9.17, 15) is 14.9 Å². The van der Waals surface area contributed by atoms with Crippen LogP contribution in [0.2, 0.25) is 0 Å². The molecule has 1 aromatic carbocycles. The van der Waals surface area contributed by atoms with E-state index in [0.717, 1.165) is 6.07 Å². The predicted molar refractivity (Wildman–Crippen MR) is 72.7 cm³/mol. The largest absolute Gasteiger partial charge is 0.478 e. The van der Waals surface area contributed by atoms with Crippen LogP contribution in [0.4, 0.5) is 11.4 Å². The van der Waals surface area contributed by atoms with Gasteiger partial charge in [0.1, 0.15) is 0 Å². The molecule has 102 valence electrons. The van der Waals surface area contributed by atoms with Crippen molar-refractivity contribution in [3.63, 3.8) is 0 Å². The lowest BCUT2D eigenvalue weighted by molar-refractivity contribution is -0.385. The van der Waals surface area contributed by atoms with Crippen LogP contribution in [0.3, 0.4) is 0 Å². The summed E-state index contributed by atoms with van der Waals surface area (Å²) >= 11 is 0. The standard InChI is InChI=1S/C13H16N2O4/c1-4-5-8(2)14-11-6-10(13(16)17)7-12(9(11)3)15(18)19/h4,6-8,14H,1,5H2,2-3H3,(H,16,17). The van der Waals surface area contributed by atoms with Crippen LogP contribution in [-0.2, 0) is 0 Å². The Bertz CT molecular complexity index is 526. The van der Waals surface area contributed by atoms with Crippen molar-refractivity contribution in [1.29, 1.82) is 0 Å². The molecule has 0 aromatic heterocycles. The summed E-state index contributed by atoms with van der Waals surface area (Å²) in [7, 11) is 0. The number of rotatable bonds is 6. The Labute approximate surface area is 110 Å². The molecule has 0 saturated heterocycles. The van der Waals surface area contributed by atoms with Crippen LogP contribution in [0.1, 0.15) is 29.3 Å². The van der Waals surface area contributed by atoms with E-state index in [4.69, 9.17) is 5.11 Å². The fraction of sp³-hybridized carbons (Fsp3) is 0.308. The maximum atomic E-state index is 11.0. The van der Waals surface area contributed by atoms with Crippen molar-refractivity contribution in [1.82, 2.24) is 0 Å². The van der Waals surface area contributed by atoms with Crippen molar-refractivity contribution in [3.8, 4) is 0 Å². The lowest BCUT2D eigenvalue weighted by Crippen LogP contribution is -2.16. The van der Waals surface area contributed by atoms with E-state index in [2.05, 4.69) is 11.9 Å². The van der Waals surface area contributed by atoms with Crippen LogP contribution in [0, 0.1) is 17.0 Å². The molecule has 2 N–H and O–H groups in total. The Hall–Kier alpha value is -2.37. The van der Waals surface area contributed by atoms with Gasteiger partial charge >= 0.3 is 5.97 Å². The van der Waals surface area contributed by atoms with E-state index >= 15 is 0 Å². The highest BCUT2D eigenvalue weighted by atomic mass is 16.6. The van der Waals surface area contributed by atoms with Gasteiger partial charge in [-0.05, 0) is 26.3 Å². The minimum Gasteiger partial charge on any atom is -0.478 e. The van der Waals surface area contributed by atoms with Crippen LogP contribution in [0.25, 0.3) is 0 Å². The SMILES string of the molecule is C=CCC(C)Nc1cc(C(=O)O)cc([N+](=O)[O-])c1C. The van der Waals surface area contributed by atoms with Gasteiger partial charge in [0.25, 0.3) is 5.69 Å². The first-order chi connectivity index (χ1) is 8.86. The summed E-state index contributed by atoms with van der Waals surface area (Å²) in [4.78, 5) is 21.3. The van der Waals surface area contributed by atoms with Gasteiger partial charge < -0.3 is 10.4 Å². The molecule has 1 aromatic rings. The van der Waals surface area contributed by atoms with Crippen molar-refractivity contribution in [3.05, 3.63) is 46.0 Å². The summed E-state index contributed by atoms with van der Waals surface area (Å²) in [6, 6.07) is 2.49. The normalized spacial score (nSPS) is 11.7. The van der Waals surface area contributed by atoms with Crippen molar-refractivity contribution in [2.75, 3.05) is 5.32 Å². The molecule has 0 bridgehead atoms. The molecule has 0 aliphatic rings. The van der Waals surface area contributed by atoms with E-state index in [-0.39, 0.29) is 17.3 Å². The number of carboxylic acids is 1. The highest BCUT2D eigenvalue weighted by Gasteiger charge is 2.19. The minimum atomic E-state index is -1.19. The van der Waals surface area contributed by atoms with E-state index in [1.54, 1.807) is 13.0 Å². The number of nitro groups is 1. The Balaban J connectivity index is 3.25. The molecule has 1 unspecified atom stereocenters. The van der Waals surface area contributed by atoms with Crippen molar-refractivity contribution >= 4 is 17.3 Å². The number of hydrogen-bond donors (Lipinski definition) is 2. The molecular weight excluding hydrogens is 248 g/mol. The molecule has 0 radical (unpaired) electrons. The molecule has 0 aliphatic carbocycles. The second kappa shape index (κ2) is 5.99. The molecule has 6 nitrogen and oxygen atoms in total. The predicted octanol–water partition coefficient (Wildman–Crippen LogP) is 2.98. The number of nitrogens with one attached hydrogen (secondary N) is 1. The first-order valence-electron chi connectivity index (χ1n) is 5.76. The van der Waals surface area contributed by atoms with Gasteiger partial charge in [0.15, 0.2) is 0 Å². The fourth-order valence-corrected chi connectivity index (χ4v) is 1.74. The second-order valence-corrected chi connectivity index (χ2v) is 4.30. The molecule has 6 heteroatoms. The Kier molecular flexibility index (Phi) is 4.63. The third kappa shape index (κ3) is 3.54. The second-order valence-electron chi connectivity index (χ2n) is 4.30. The van der Waals surface area contributed by atoms with Crippen molar-refractivity contribution in [2.24, 2.45) is 0 Å². The highest BCUT2D eigenvalue weighted by molar-refractivity contribution is 5.90. The first kappa shape index (κ1) is 14.7. The number of anilines is 1. The molecule has 0 heterocycles. The fourth-order valence-electron chi connectivity index (χ4n) is 1.74. The number of carbonyl (C=O) groups is 1. The van der Waals surface area contributed by atoms with E-state index < -0.39 is 10.9 Å². The van der Waals surface area contributed by atoms with Crippen LogP contribution >= 0.6 is 0 Å². The zero-order chi connectivity index (χ0) is 14.6. The average Bonchev–Trinajstić information content (AvgIpc) is 2.31. The molecule has 19 heavy (non-hydrogen) atoms. The zero-order valence-electron chi connectivity index (χ0n) is 10.8. The third-order valence-electron chi connectivity index (χ3n) is 2.75. The summed E-state index contributed by atoms with van der Waals surface area (Å²) in [6.45, 7) is 7.09. The highest BCUT2D eigenvalue weighted by Crippen LogP contribution is 2.28. The lowest BCUT2D eigenvalue weighted by Gasteiger charge is -2.16. The van der Waals surface area contributed by atoms with E-state index in [1.165, 1.54) is 6.07 Å². The molecular formula is C13H16N2O4. The summed E-state index contributed by atoms with van der Waals surface area (Å²) in [5.74, 6) is -1.19. The van der Waals surface area contributed by atoms with Gasteiger partial charge in [0.05, 0.1) is 10.5 Å². The van der Waals surface area contributed by atoms with Gasteiger partial charge in [-0.15, -0.1) is 6.58 Å². The molecule has 0 saturated carbocycles. The molecule has 1 rings (SSSR count). The summed E-state index contributed by atoms with van der Waals surface area (Å²) in [5.41, 5.74) is 0.575. The van der Waals surface area contributed by atoms with Crippen LogP contribution < -0.4 is 5.32 Å². The molecule has 0 spiro atoms. The quantitative estimate of drug-likeness (QED) is 0.468. The molecule has 0 aliphatic heterocycles. The smallest absolute Gasteiger partial charge is 0.336 e. The van der Waals surface area contributed by atoms with Gasteiger partial charge in [-0.2, -0.15) is 0 Å². The van der Waals surface area contributed by atoms with Gasteiger partial charge in [-0.1, -0.05) is 6.08 Å². The lowest BCUT2D eigenvalue weighted by atomic mass is 10.1. The summed E-state index contributed by atoms with van der Waals surface area (Å²) in [6.07, 6.45) is 2.40.